The van der Waals surface area contributed by atoms with Gasteiger partial charge in [-0.05, 0) is 56.0 Å². The van der Waals surface area contributed by atoms with Gasteiger partial charge in [0.05, 0.1) is 13.7 Å². The van der Waals surface area contributed by atoms with E-state index in [1.807, 2.05) is 0 Å². The van der Waals surface area contributed by atoms with Crippen molar-refractivity contribution in [1.29, 1.82) is 0 Å². The highest BCUT2D eigenvalue weighted by molar-refractivity contribution is 9.10. The van der Waals surface area contributed by atoms with Crippen molar-refractivity contribution in [2.75, 3.05) is 33.9 Å². The van der Waals surface area contributed by atoms with Crippen LogP contribution < -0.4 is 10.1 Å². The Morgan fingerprint density at radius 1 is 1.10 bits per heavy atom. The van der Waals surface area contributed by atoms with Crippen molar-refractivity contribution in [1.82, 2.24) is 5.32 Å². The molecule has 4 heteroatoms. The number of rotatable bonds is 10. The Morgan fingerprint density at radius 2 is 1.90 bits per heavy atom. The van der Waals surface area contributed by atoms with Crippen LogP contribution in [0.15, 0.2) is 16.6 Å². The molecule has 114 valence electrons. The lowest BCUT2D eigenvalue weighted by Crippen LogP contribution is -2.20. The summed E-state index contributed by atoms with van der Waals surface area (Å²) >= 11 is 3.59. The van der Waals surface area contributed by atoms with Gasteiger partial charge in [0.1, 0.15) is 5.75 Å². The molecule has 0 amide bonds. The number of halogens is 1. The van der Waals surface area contributed by atoms with Crippen LogP contribution in [0.1, 0.15) is 30.4 Å². The number of methoxy groups -OCH3 is 2. The zero-order chi connectivity index (χ0) is 14.8. The van der Waals surface area contributed by atoms with Crippen LogP contribution in [0.2, 0.25) is 0 Å². The van der Waals surface area contributed by atoms with Crippen molar-refractivity contribution in [3.8, 4) is 5.75 Å². The molecule has 1 aromatic carbocycles. The van der Waals surface area contributed by atoms with Crippen LogP contribution in [0.25, 0.3) is 0 Å². The number of benzene rings is 1. The second-order valence-electron chi connectivity index (χ2n) is 4.97. The molecule has 0 atom stereocenters. The lowest BCUT2D eigenvalue weighted by Gasteiger charge is -2.11. The maximum atomic E-state index is 5.46. The number of aryl methyl sites for hydroxylation is 2. The smallest absolute Gasteiger partial charge is 0.122 e. The van der Waals surface area contributed by atoms with Gasteiger partial charge in [-0.3, -0.25) is 0 Å². The molecule has 0 aliphatic heterocycles. The fraction of sp³-hybridized carbons (Fsp3) is 0.625. The molecule has 0 saturated carbocycles. The summed E-state index contributed by atoms with van der Waals surface area (Å²) in [6.45, 7) is 4.88. The summed E-state index contributed by atoms with van der Waals surface area (Å²) in [5, 5.41) is 3.37. The van der Waals surface area contributed by atoms with E-state index in [4.69, 9.17) is 9.47 Å². The van der Waals surface area contributed by atoms with Crippen molar-refractivity contribution < 1.29 is 9.47 Å². The van der Waals surface area contributed by atoms with Crippen LogP contribution in [0.4, 0.5) is 0 Å². The molecule has 0 aromatic heterocycles. The molecule has 0 unspecified atom stereocenters. The molecule has 1 N–H and O–H groups in total. The lowest BCUT2D eigenvalue weighted by atomic mass is 10.0. The second kappa shape index (κ2) is 10.2. The Hall–Kier alpha value is -0.580. The molecule has 0 bridgehead atoms. The summed E-state index contributed by atoms with van der Waals surface area (Å²) in [5.74, 6) is 1.00. The molecule has 0 aliphatic carbocycles. The van der Waals surface area contributed by atoms with E-state index in [9.17, 15) is 0 Å². The normalized spacial score (nSPS) is 10.8. The van der Waals surface area contributed by atoms with Gasteiger partial charge in [-0.25, -0.2) is 0 Å². The van der Waals surface area contributed by atoms with E-state index in [1.54, 1.807) is 14.2 Å². The quantitative estimate of drug-likeness (QED) is 0.657. The minimum atomic E-state index is 0.786. The Kier molecular flexibility index (Phi) is 8.90. The molecule has 0 radical (unpaired) electrons. The third kappa shape index (κ3) is 6.25. The zero-order valence-corrected chi connectivity index (χ0v) is 14.4. The minimum absolute atomic E-state index is 0.786. The first-order valence-corrected chi connectivity index (χ1v) is 8.01. The molecule has 0 spiro atoms. The van der Waals surface area contributed by atoms with Crippen molar-refractivity contribution in [3.63, 3.8) is 0 Å². The van der Waals surface area contributed by atoms with Crippen LogP contribution in [0.3, 0.4) is 0 Å². The van der Waals surface area contributed by atoms with Crippen LogP contribution >= 0.6 is 15.9 Å². The number of nitrogens with one attached hydrogen (secondary N) is 1. The summed E-state index contributed by atoms with van der Waals surface area (Å²) < 4.78 is 11.6. The standard InChI is InChI=1S/C16H26BrNO2/c1-13-11-16(20-3)14(12-15(13)17)7-5-4-6-8-18-9-10-19-2/h11-12,18H,4-10H2,1-3H3. The first kappa shape index (κ1) is 17.5. The van der Waals surface area contributed by atoms with E-state index in [1.165, 1.54) is 30.4 Å². The van der Waals surface area contributed by atoms with Gasteiger partial charge < -0.3 is 14.8 Å². The van der Waals surface area contributed by atoms with Crippen LogP contribution in [0, 0.1) is 6.92 Å². The Balaban J connectivity index is 2.26. The maximum Gasteiger partial charge on any atom is 0.122 e. The molecular weight excluding hydrogens is 318 g/mol. The Morgan fingerprint density at radius 3 is 2.60 bits per heavy atom. The van der Waals surface area contributed by atoms with E-state index in [2.05, 4.69) is 40.3 Å². The summed E-state index contributed by atoms with van der Waals surface area (Å²) in [6, 6.07) is 4.29. The lowest BCUT2D eigenvalue weighted by molar-refractivity contribution is 0.199. The van der Waals surface area contributed by atoms with Crippen LogP contribution in [0.5, 0.6) is 5.75 Å². The fourth-order valence-corrected chi connectivity index (χ4v) is 2.51. The fourth-order valence-electron chi connectivity index (χ4n) is 2.12. The first-order chi connectivity index (χ1) is 9.69. The zero-order valence-electron chi connectivity index (χ0n) is 12.8. The molecule has 0 saturated heterocycles. The minimum Gasteiger partial charge on any atom is -0.496 e. The van der Waals surface area contributed by atoms with Gasteiger partial charge in [0.25, 0.3) is 0 Å². The molecule has 1 aromatic rings. The molecule has 20 heavy (non-hydrogen) atoms. The molecule has 3 nitrogen and oxygen atoms in total. The van der Waals surface area contributed by atoms with E-state index < -0.39 is 0 Å². The predicted molar refractivity (Wildman–Crippen MR) is 87.7 cm³/mol. The third-order valence-electron chi connectivity index (χ3n) is 3.34. The highest BCUT2D eigenvalue weighted by Crippen LogP contribution is 2.28. The predicted octanol–water partition coefficient (Wildman–Crippen LogP) is 3.71. The number of hydrogen-bond acceptors (Lipinski definition) is 3. The van der Waals surface area contributed by atoms with E-state index in [-0.39, 0.29) is 0 Å². The van der Waals surface area contributed by atoms with Crippen molar-refractivity contribution in [2.45, 2.75) is 32.6 Å². The number of unbranched alkanes of at least 4 members (excludes halogenated alkanes) is 2. The van der Waals surface area contributed by atoms with Gasteiger partial charge in [-0.15, -0.1) is 0 Å². The Labute approximate surface area is 131 Å². The summed E-state index contributed by atoms with van der Waals surface area (Å²) in [4.78, 5) is 0. The average molecular weight is 344 g/mol. The SMILES string of the molecule is COCCNCCCCCc1cc(Br)c(C)cc1OC. The summed E-state index contributed by atoms with van der Waals surface area (Å²) in [6.07, 6.45) is 4.70. The van der Waals surface area contributed by atoms with Crippen molar-refractivity contribution in [2.24, 2.45) is 0 Å². The van der Waals surface area contributed by atoms with E-state index in [0.717, 1.165) is 36.3 Å². The molecule has 0 aliphatic rings. The van der Waals surface area contributed by atoms with Gasteiger partial charge in [-0.2, -0.15) is 0 Å². The van der Waals surface area contributed by atoms with E-state index >= 15 is 0 Å². The van der Waals surface area contributed by atoms with Crippen LogP contribution in [-0.2, 0) is 11.2 Å². The molecule has 0 heterocycles. The summed E-state index contributed by atoms with van der Waals surface area (Å²) in [7, 11) is 3.47. The first-order valence-electron chi connectivity index (χ1n) is 7.21. The van der Waals surface area contributed by atoms with Gasteiger partial charge in [-0.1, -0.05) is 22.4 Å². The van der Waals surface area contributed by atoms with Gasteiger partial charge in [0.2, 0.25) is 0 Å². The maximum absolute atomic E-state index is 5.46. The topological polar surface area (TPSA) is 30.5 Å². The monoisotopic (exact) mass is 343 g/mol. The number of hydrogen-bond donors (Lipinski definition) is 1. The third-order valence-corrected chi connectivity index (χ3v) is 4.20. The van der Waals surface area contributed by atoms with Crippen LogP contribution in [-0.4, -0.2) is 33.9 Å². The molecule has 1 rings (SSSR count). The Bertz CT molecular complexity index is 396. The highest BCUT2D eigenvalue weighted by atomic mass is 79.9. The largest absolute Gasteiger partial charge is 0.496 e. The second-order valence-corrected chi connectivity index (χ2v) is 5.82. The van der Waals surface area contributed by atoms with Crippen molar-refractivity contribution in [3.05, 3.63) is 27.7 Å². The van der Waals surface area contributed by atoms with Gasteiger partial charge in [0, 0.05) is 18.1 Å². The summed E-state index contributed by atoms with van der Waals surface area (Å²) in [5.41, 5.74) is 2.50. The molecule has 0 fully saturated rings. The van der Waals surface area contributed by atoms with E-state index in [0.29, 0.717) is 0 Å². The highest BCUT2D eigenvalue weighted by Gasteiger charge is 2.06. The number of ether oxygens (including phenoxy) is 2. The van der Waals surface area contributed by atoms with Crippen molar-refractivity contribution >= 4 is 15.9 Å². The van der Waals surface area contributed by atoms with Gasteiger partial charge in [0.15, 0.2) is 0 Å². The average Bonchev–Trinajstić information content (AvgIpc) is 2.45. The molecular formula is C16H26BrNO2. The van der Waals surface area contributed by atoms with Gasteiger partial charge >= 0.3 is 0 Å².